The van der Waals surface area contributed by atoms with Gasteiger partial charge in [-0.05, 0) is 37.0 Å². The maximum Gasteiger partial charge on any atom is 0.269 e. The van der Waals surface area contributed by atoms with E-state index in [0.717, 1.165) is 24.4 Å². The van der Waals surface area contributed by atoms with Gasteiger partial charge in [-0.3, -0.25) is 4.79 Å². The highest BCUT2D eigenvalue weighted by Crippen LogP contribution is 2.43. The van der Waals surface area contributed by atoms with Gasteiger partial charge in [-0.25, -0.2) is 0 Å². The molecule has 2 aromatic rings. The fourth-order valence-electron chi connectivity index (χ4n) is 3.03. The van der Waals surface area contributed by atoms with Gasteiger partial charge in [-0.1, -0.05) is 13.8 Å². The Morgan fingerprint density at radius 3 is 2.82 bits per heavy atom. The maximum absolute atomic E-state index is 11.0. The summed E-state index contributed by atoms with van der Waals surface area (Å²) in [5.41, 5.74) is 6.66. The number of nitrogens with one attached hydrogen (secondary N) is 1. The summed E-state index contributed by atoms with van der Waals surface area (Å²) in [6, 6.07) is 5.49. The number of aryl methyl sites for hydroxylation is 1. The van der Waals surface area contributed by atoms with Gasteiger partial charge in [0.2, 0.25) is 0 Å². The highest BCUT2D eigenvalue weighted by Gasteiger charge is 2.35. The smallest absolute Gasteiger partial charge is 0.269 e. The number of carbonyl (C=O) groups is 1. The zero-order valence-corrected chi connectivity index (χ0v) is 13.0. The molecule has 22 heavy (non-hydrogen) atoms. The first-order chi connectivity index (χ1) is 10.3. The van der Waals surface area contributed by atoms with Crippen molar-refractivity contribution in [2.24, 2.45) is 11.1 Å². The SMILES string of the molecule is Cc1cc2c(o1)CC(C)(C)CC2Nc1ccc(C(N)=O)nn1. The van der Waals surface area contributed by atoms with Crippen LogP contribution in [0.15, 0.2) is 22.6 Å². The number of rotatable bonds is 3. The minimum atomic E-state index is -0.578. The van der Waals surface area contributed by atoms with E-state index >= 15 is 0 Å². The summed E-state index contributed by atoms with van der Waals surface area (Å²) in [6.45, 7) is 6.42. The lowest BCUT2D eigenvalue weighted by atomic mass is 9.75. The second-order valence-electron chi connectivity index (χ2n) is 6.65. The molecule has 0 bridgehead atoms. The molecule has 2 aromatic heterocycles. The van der Waals surface area contributed by atoms with Gasteiger partial charge in [0, 0.05) is 12.0 Å². The molecule has 3 N–H and O–H groups in total. The topological polar surface area (TPSA) is 94.0 Å². The van der Waals surface area contributed by atoms with Crippen molar-refractivity contribution >= 4 is 11.7 Å². The summed E-state index contributed by atoms with van der Waals surface area (Å²) < 4.78 is 5.82. The number of fused-ring (bicyclic) bond motifs is 1. The van der Waals surface area contributed by atoms with E-state index in [1.54, 1.807) is 12.1 Å². The van der Waals surface area contributed by atoms with Crippen LogP contribution in [0.5, 0.6) is 0 Å². The average Bonchev–Trinajstić information content (AvgIpc) is 2.78. The molecular weight excluding hydrogens is 280 g/mol. The van der Waals surface area contributed by atoms with E-state index < -0.39 is 5.91 Å². The van der Waals surface area contributed by atoms with Gasteiger partial charge in [-0.2, -0.15) is 0 Å². The molecule has 116 valence electrons. The third kappa shape index (κ3) is 2.81. The summed E-state index contributed by atoms with van der Waals surface area (Å²) in [4.78, 5) is 11.0. The second kappa shape index (κ2) is 5.12. The Morgan fingerprint density at radius 1 is 1.41 bits per heavy atom. The molecule has 1 amide bonds. The molecule has 1 aliphatic rings. The molecule has 0 fully saturated rings. The van der Waals surface area contributed by atoms with Crippen molar-refractivity contribution in [3.05, 3.63) is 41.0 Å². The molecule has 0 spiro atoms. The van der Waals surface area contributed by atoms with Gasteiger partial charge < -0.3 is 15.5 Å². The second-order valence-corrected chi connectivity index (χ2v) is 6.65. The number of primary amides is 1. The number of nitrogens with two attached hydrogens (primary N) is 1. The van der Waals surface area contributed by atoms with Crippen LogP contribution in [0, 0.1) is 12.3 Å². The number of aromatic nitrogens is 2. The number of hydrogen-bond donors (Lipinski definition) is 2. The third-order valence-electron chi connectivity index (χ3n) is 3.98. The van der Waals surface area contributed by atoms with Crippen molar-refractivity contribution < 1.29 is 9.21 Å². The van der Waals surface area contributed by atoms with Crippen LogP contribution in [0.1, 0.15) is 53.9 Å². The Kier molecular flexibility index (Phi) is 3.39. The van der Waals surface area contributed by atoms with E-state index in [1.807, 2.05) is 6.92 Å². The molecule has 1 atom stereocenters. The molecule has 2 heterocycles. The minimum absolute atomic E-state index is 0.116. The van der Waals surface area contributed by atoms with Gasteiger partial charge in [0.05, 0.1) is 6.04 Å². The van der Waals surface area contributed by atoms with Crippen molar-refractivity contribution in [1.82, 2.24) is 10.2 Å². The average molecular weight is 300 g/mol. The zero-order chi connectivity index (χ0) is 15.9. The van der Waals surface area contributed by atoms with Crippen LogP contribution in [0.2, 0.25) is 0 Å². The number of hydrogen-bond acceptors (Lipinski definition) is 5. The molecule has 6 heteroatoms. The molecule has 6 nitrogen and oxygen atoms in total. The zero-order valence-electron chi connectivity index (χ0n) is 13.0. The van der Waals surface area contributed by atoms with Crippen molar-refractivity contribution in [2.45, 2.75) is 39.7 Å². The highest BCUT2D eigenvalue weighted by atomic mass is 16.3. The number of furan rings is 1. The summed E-state index contributed by atoms with van der Waals surface area (Å²) in [7, 11) is 0. The molecule has 1 aliphatic carbocycles. The van der Waals surface area contributed by atoms with E-state index in [4.69, 9.17) is 10.2 Å². The standard InChI is InChI=1S/C16H20N4O2/c1-9-6-10-12(7-16(2,3)8-13(10)22-9)18-14-5-4-11(15(17)21)19-20-14/h4-6,12H,7-8H2,1-3H3,(H2,17,21)(H,18,20). The Hall–Kier alpha value is -2.37. The molecule has 0 radical (unpaired) electrons. The van der Waals surface area contributed by atoms with Crippen LogP contribution in [0.25, 0.3) is 0 Å². The minimum Gasteiger partial charge on any atom is -0.466 e. The van der Waals surface area contributed by atoms with Crippen LogP contribution >= 0.6 is 0 Å². The van der Waals surface area contributed by atoms with Crippen LogP contribution in [-0.4, -0.2) is 16.1 Å². The lowest BCUT2D eigenvalue weighted by molar-refractivity contribution is 0.0994. The number of anilines is 1. The summed E-state index contributed by atoms with van der Waals surface area (Å²) in [6.07, 6.45) is 1.90. The number of amides is 1. The lowest BCUT2D eigenvalue weighted by Crippen LogP contribution is -2.28. The summed E-state index contributed by atoms with van der Waals surface area (Å²) in [5.74, 6) is 2.00. The molecule has 3 rings (SSSR count). The third-order valence-corrected chi connectivity index (χ3v) is 3.98. The van der Waals surface area contributed by atoms with E-state index in [2.05, 4.69) is 35.4 Å². The molecule has 0 saturated carbocycles. The van der Waals surface area contributed by atoms with Crippen LogP contribution in [0.4, 0.5) is 5.82 Å². The van der Waals surface area contributed by atoms with Crippen molar-refractivity contribution in [3.63, 3.8) is 0 Å². The Morgan fingerprint density at radius 2 is 2.18 bits per heavy atom. The van der Waals surface area contributed by atoms with Crippen molar-refractivity contribution in [1.29, 1.82) is 0 Å². The van der Waals surface area contributed by atoms with Crippen LogP contribution in [0.3, 0.4) is 0 Å². The summed E-state index contributed by atoms with van der Waals surface area (Å²) in [5, 5.41) is 11.2. The van der Waals surface area contributed by atoms with Crippen LogP contribution in [-0.2, 0) is 6.42 Å². The highest BCUT2D eigenvalue weighted by molar-refractivity contribution is 5.90. The fraction of sp³-hybridized carbons (Fsp3) is 0.438. The molecular formula is C16H20N4O2. The number of carbonyl (C=O) groups excluding carboxylic acids is 1. The van der Waals surface area contributed by atoms with Crippen molar-refractivity contribution in [2.75, 3.05) is 5.32 Å². The first-order valence-electron chi connectivity index (χ1n) is 7.33. The van der Waals surface area contributed by atoms with Gasteiger partial charge in [-0.15, -0.1) is 10.2 Å². The van der Waals surface area contributed by atoms with Gasteiger partial charge in [0.25, 0.3) is 5.91 Å². The molecule has 1 unspecified atom stereocenters. The first-order valence-corrected chi connectivity index (χ1v) is 7.33. The van der Waals surface area contributed by atoms with Gasteiger partial charge >= 0.3 is 0 Å². The Labute approximate surface area is 129 Å². The molecule has 0 aliphatic heterocycles. The van der Waals surface area contributed by atoms with Crippen molar-refractivity contribution in [3.8, 4) is 0 Å². The van der Waals surface area contributed by atoms with E-state index in [-0.39, 0.29) is 17.2 Å². The van der Waals surface area contributed by atoms with Gasteiger partial charge in [0.1, 0.15) is 17.3 Å². The molecule has 0 saturated heterocycles. The Balaban J connectivity index is 1.86. The van der Waals surface area contributed by atoms with E-state index in [9.17, 15) is 4.79 Å². The maximum atomic E-state index is 11.0. The normalized spacial score (nSPS) is 19.5. The van der Waals surface area contributed by atoms with Crippen LogP contribution < -0.4 is 11.1 Å². The predicted octanol–water partition coefficient (Wildman–Crippen LogP) is 2.60. The molecule has 0 aromatic carbocycles. The first kappa shape index (κ1) is 14.6. The largest absolute Gasteiger partial charge is 0.466 e. The monoisotopic (exact) mass is 300 g/mol. The number of nitrogens with zero attached hydrogens (tertiary/aromatic N) is 2. The van der Waals surface area contributed by atoms with Gasteiger partial charge in [0.15, 0.2) is 5.69 Å². The summed E-state index contributed by atoms with van der Waals surface area (Å²) >= 11 is 0. The lowest BCUT2D eigenvalue weighted by Gasteiger charge is -2.34. The predicted molar refractivity (Wildman–Crippen MR) is 82.5 cm³/mol. The Bertz CT molecular complexity index is 703. The van der Waals surface area contributed by atoms with E-state index in [1.165, 1.54) is 5.56 Å². The fourth-order valence-corrected chi connectivity index (χ4v) is 3.03. The van der Waals surface area contributed by atoms with E-state index in [0.29, 0.717) is 5.82 Å². The quantitative estimate of drug-likeness (QED) is 0.908.